The molecule has 2 heterocycles. The lowest BCUT2D eigenvalue weighted by molar-refractivity contribution is -0.123. The first-order chi connectivity index (χ1) is 12.2. The summed E-state index contributed by atoms with van der Waals surface area (Å²) in [5.74, 6) is -0.396. The maximum absolute atomic E-state index is 12.2. The summed E-state index contributed by atoms with van der Waals surface area (Å²) in [6, 6.07) is 4.42. The van der Waals surface area contributed by atoms with Gasteiger partial charge in [-0.25, -0.2) is 9.78 Å². The van der Waals surface area contributed by atoms with E-state index in [4.69, 9.17) is 4.42 Å². The third-order valence-corrected chi connectivity index (χ3v) is 4.25. The minimum atomic E-state index is -0.765. The molecule has 0 saturated carbocycles. The van der Waals surface area contributed by atoms with Crippen LogP contribution in [0.4, 0.5) is 4.79 Å². The van der Waals surface area contributed by atoms with E-state index in [-0.39, 0.29) is 30.7 Å². The number of hydrogen-bond donors (Lipinski definition) is 3. The molecule has 0 spiro atoms. The van der Waals surface area contributed by atoms with Crippen molar-refractivity contribution in [3.63, 3.8) is 0 Å². The van der Waals surface area contributed by atoms with Crippen molar-refractivity contribution in [1.82, 2.24) is 20.9 Å². The van der Waals surface area contributed by atoms with Crippen LogP contribution in [0.15, 0.2) is 22.6 Å². The normalized spacial score (nSPS) is 18.2. The maximum Gasteiger partial charge on any atom is 0.322 e. The van der Waals surface area contributed by atoms with Gasteiger partial charge in [0.05, 0.1) is 6.54 Å². The van der Waals surface area contributed by atoms with Gasteiger partial charge in [-0.3, -0.25) is 14.9 Å². The minimum Gasteiger partial charge on any atom is -0.439 e. The number of benzene rings is 1. The largest absolute Gasteiger partial charge is 0.439 e. The van der Waals surface area contributed by atoms with Crippen LogP contribution >= 0.6 is 0 Å². The Balaban J connectivity index is 1.66. The van der Waals surface area contributed by atoms with E-state index in [9.17, 15) is 14.4 Å². The predicted molar refractivity (Wildman–Crippen MR) is 94.3 cm³/mol. The molecular formula is C18H22N4O4. The molecule has 1 aliphatic rings. The molecule has 0 bridgehead atoms. The van der Waals surface area contributed by atoms with Crippen molar-refractivity contribution in [3.05, 3.63) is 29.7 Å². The van der Waals surface area contributed by atoms with E-state index in [2.05, 4.69) is 41.7 Å². The summed E-state index contributed by atoms with van der Waals surface area (Å²) in [6.45, 7) is 6.47. The highest BCUT2D eigenvalue weighted by Crippen LogP contribution is 2.26. The summed E-state index contributed by atoms with van der Waals surface area (Å²) < 4.78 is 5.66. The second kappa shape index (κ2) is 6.78. The molecule has 0 aliphatic carbocycles. The lowest BCUT2D eigenvalue weighted by Crippen LogP contribution is -2.48. The van der Waals surface area contributed by atoms with Gasteiger partial charge in [0.15, 0.2) is 5.58 Å². The fourth-order valence-corrected chi connectivity index (χ4v) is 2.73. The Bertz CT molecular complexity index is 866. The second-order valence-corrected chi connectivity index (χ2v) is 7.37. The van der Waals surface area contributed by atoms with Crippen LogP contribution in [-0.4, -0.2) is 28.9 Å². The molecule has 3 N–H and O–H groups in total. The molecule has 4 amide bonds. The predicted octanol–water partition coefficient (Wildman–Crippen LogP) is 1.73. The first-order valence-electron chi connectivity index (χ1n) is 8.50. The van der Waals surface area contributed by atoms with E-state index < -0.39 is 18.0 Å². The van der Waals surface area contributed by atoms with Gasteiger partial charge in [-0.15, -0.1) is 0 Å². The first-order valence-corrected chi connectivity index (χ1v) is 8.50. The molecule has 8 heteroatoms. The SMILES string of the molecule is CC(C)(C)c1ccc2oc(CNC(=O)C3CCC(=O)NC(=O)N3)nc2c1. The Labute approximate surface area is 150 Å². The van der Waals surface area contributed by atoms with Crippen LogP contribution in [0.5, 0.6) is 0 Å². The number of imide groups is 1. The molecule has 1 saturated heterocycles. The quantitative estimate of drug-likeness (QED) is 0.773. The number of carbonyl (C=O) groups is 3. The highest BCUT2D eigenvalue weighted by Gasteiger charge is 2.26. The highest BCUT2D eigenvalue weighted by atomic mass is 16.3. The van der Waals surface area contributed by atoms with Gasteiger partial charge in [0.2, 0.25) is 17.7 Å². The van der Waals surface area contributed by atoms with Crippen molar-refractivity contribution in [2.75, 3.05) is 0 Å². The molecule has 1 aromatic heterocycles. The number of urea groups is 1. The first kappa shape index (κ1) is 17.9. The number of rotatable bonds is 3. The van der Waals surface area contributed by atoms with Crippen molar-refractivity contribution in [3.8, 4) is 0 Å². The minimum absolute atomic E-state index is 0.00465. The molecule has 0 radical (unpaired) electrons. The van der Waals surface area contributed by atoms with Gasteiger partial charge < -0.3 is 15.1 Å². The molecule has 1 aromatic carbocycles. The summed E-state index contributed by atoms with van der Waals surface area (Å²) in [4.78, 5) is 39.4. The standard InChI is InChI=1S/C18H22N4O4/c1-18(2,3)10-4-6-13-12(8-10)20-15(26-13)9-19-16(24)11-5-7-14(23)22-17(25)21-11/h4,6,8,11H,5,7,9H2,1-3H3,(H,19,24)(H2,21,22,23,25). The van der Waals surface area contributed by atoms with Crippen LogP contribution in [0.3, 0.4) is 0 Å². The number of carbonyl (C=O) groups excluding carboxylic acids is 3. The third kappa shape index (κ3) is 4.01. The number of amides is 4. The number of fused-ring (bicyclic) bond motifs is 1. The molecule has 1 aliphatic heterocycles. The zero-order valence-electron chi connectivity index (χ0n) is 15.0. The Kier molecular flexibility index (Phi) is 4.67. The molecule has 1 fully saturated rings. The van der Waals surface area contributed by atoms with E-state index in [0.717, 1.165) is 11.1 Å². The Morgan fingerprint density at radius 2 is 2.12 bits per heavy atom. The molecule has 26 heavy (non-hydrogen) atoms. The lowest BCUT2D eigenvalue weighted by Gasteiger charge is -2.18. The smallest absolute Gasteiger partial charge is 0.322 e. The van der Waals surface area contributed by atoms with Crippen LogP contribution in [0.2, 0.25) is 0 Å². The molecule has 138 valence electrons. The highest BCUT2D eigenvalue weighted by molar-refractivity contribution is 5.98. The van der Waals surface area contributed by atoms with E-state index in [1.807, 2.05) is 18.2 Å². The van der Waals surface area contributed by atoms with Gasteiger partial charge in [-0.05, 0) is 29.5 Å². The van der Waals surface area contributed by atoms with Gasteiger partial charge >= 0.3 is 6.03 Å². The Hall–Kier alpha value is -2.90. The second-order valence-electron chi connectivity index (χ2n) is 7.37. The zero-order chi connectivity index (χ0) is 18.9. The molecule has 3 rings (SSSR count). The van der Waals surface area contributed by atoms with Crippen molar-refractivity contribution in [2.24, 2.45) is 0 Å². The Morgan fingerprint density at radius 1 is 1.35 bits per heavy atom. The monoisotopic (exact) mass is 358 g/mol. The van der Waals surface area contributed by atoms with Crippen molar-refractivity contribution in [1.29, 1.82) is 0 Å². The molecule has 1 unspecified atom stereocenters. The molecule has 1 atom stereocenters. The summed E-state index contributed by atoms with van der Waals surface area (Å²) in [5.41, 5.74) is 2.54. The number of oxazole rings is 1. The van der Waals surface area contributed by atoms with Gasteiger partial charge in [0.1, 0.15) is 11.6 Å². The van der Waals surface area contributed by atoms with Gasteiger partial charge in [-0.2, -0.15) is 0 Å². The zero-order valence-corrected chi connectivity index (χ0v) is 15.0. The van der Waals surface area contributed by atoms with E-state index in [1.165, 1.54) is 0 Å². The molecular weight excluding hydrogens is 336 g/mol. The average Bonchev–Trinajstić information content (AvgIpc) is 2.89. The summed E-state index contributed by atoms with van der Waals surface area (Å²) in [7, 11) is 0. The molecule has 2 aromatic rings. The van der Waals surface area contributed by atoms with Crippen LogP contribution in [-0.2, 0) is 21.5 Å². The number of hydrogen-bond acceptors (Lipinski definition) is 5. The fourth-order valence-electron chi connectivity index (χ4n) is 2.73. The summed E-state index contributed by atoms with van der Waals surface area (Å²) in [5, 5.41) is 7.29. The van der Waals surface area contributed by atoms with Gasteiger partial charge in [-0.1, -0.05) is 26.8 Å². The number of aromatic nitrogens is 1. The van der Waals surface area contributed by atoms with Crippen LogP contribution < -0.4 is 16.0 Å². The van der Waals surface area contributed by atoms with Crippen LogP contribution in [0.25, 0.3) is 11.1 Å². The molecule has 8 nitrogen and oxygen atoms in total. The average molecular weight is 358 g/mol. The Morgan fingerprint density at radius 3 is 2.85 bits per heavy atom. The van der Waals surface area contributed by atoms with Crippen LogP contribution in [0, 0.1) is 0 Å². The van der Waals surface area contributed by atoms with Crippen molar-refractivity contribution >= 4 is 28.9 Å². The topological polar surface area (TPSA) is 113 Å². The summed E-state index contributed by atoms with van der Waals surface area (Å²) >= 11 is 0. The third-order valence-electron chi connectivity index (χ3n) is 4.25. The number of nitrogens with one attached hydrogen (secondary N) is 3. The van der Waals surface area contributed by atoms with Crippen molar-refractivity contribution in [2.45, 2.75) is 51.6 Å². The summed E-state index contributed by atoms with van der Waals surface area (Å²) in [6.07, 6.45) is 0.348. The van der Waals surface area contributed by atoms with Crippen LogP contribution in [0.1, 0.15) is 45.1 Å². The van der Waals surface area contributed by atoms with E-state index in [0.29, 0.717) is 11.5 Å². The lowest BCUT2D eigenvalue weighted by atomic mass is 9.87. The van der Waals surface area contributed by atoms with E-state index >= 15 is 0 Å². The number of nitrogens with zero attached hydrogens (tertiary/aromatic N) is 1. The van der Waals surface area contributed by atoms with Crippen molar-refractivity contribution < 1.29 is 18.8 Å². The van der Waals surface area contributed by atoms with Gasteiger partial charge in [0.25, 0.3) is 0 Å². The van der Waals surface area contributed by atoms with Gasteiger partial charge in [0, 0.05) is 6.42 Å². The maximum atomic E-state index is 12.2. The fraction of sp³-hybridized carbons (Fsp3) is 0.444. The van der Waals surface area contributed by atoms with E-state index in [1.54, 1.807) is 0 Å².